The van der Waals surface area contributed by atoms with Crippen molar-refractivity contribution in [3.05, 3.63) is 113 Å². The number of aromatic carboxylic acids is 1. The summed E-state index contributed by atoms with van der Waals surface area (Å²) in [5, 5.41) is 14.1. The first-order valence-corrected chi connectivity index (χ1v) is 13.1. The van der Waals surface area contributed by atoms with Crippen molar-refractivity contribution in [2.24, 2.45) is 0 Å². The van der Waals surface area contributed by atoms with Crippen molar-refractivity contribution in [3.63, 3.8) is 0 Å². The lowest BCUT2D eigenvalue weighted by molar-refractivity contribution is -0.147. The first-order valence-electron chi connectivity index (χ1n) is 13.1. The van der Waals surface area contributed by atoms with Crippen LogP contribution in [0.4, 0.5) is 4.79 Å². The Morgan fingerprint density at radius 3 is 2.19 bits per heavy atom. The van der Waals surface area contributed by atoms with Gasteiger partial charge in [-0.2, -0.15) is 0 Å². The highest BCUT2D eigenvalue weighted by Gasteiger charge is 2.31. The van der Waals surface area contributed by atoms with Crippen molar-refractivity contribution in [1.29, 1.82) is 0 Å². The number of carbonyl (C=O) groups excluding carboxylic acids is 3. The summed E-state index contributed by atoms with van der Waals surface area (Å²) in [6.45, 7) is -0.339. The van der Waals surface area contributed by atoms with Crippen LogP contribution in [0.1, 0.15) is 45.3 Å². The SMILES string of the molecule is O=C(C[C@H](NC(=O)OCC1c2ccccc2-c2ccccc21)C(=O)NCc1ocnc1C(=O)O)OCc1ccccc1. The zero-order valence-corrected chi connectivity index (χ0v) is 22.3. The van der Waals surface area contributed by atoms with Gasteiger partial charge in [-0.05, 0) is 27.8 Å². The highest BCUT2D eigenvalue weighted by Crippen LogP contribution is 2.44. The number of rotatable bonds is 11. The Bertz CT molecular complexity index is 1550. The van der Waals surface area contributed by atoms with Gasteiger partial charge in [-0.3, -0.25) is 9.59 Å². The summed E-state index contributed by atoms with van der Waals surface area (Å²) in [6, 6.07) is 23.3. The molecule has 0 spiro atoms. The molecule has 1 heterocycles. The Morgan fingerprint density at radius 2 is 1.52 bits per heavy atom. The summed E-state index contributed by atoms with van der Waals surface area (Å²) in [4.78, 5) is 53.5. The maximum Gasteiger partial charge on any atom is 0.407 e. The fourth-order valence-corrected chi connectivity index (χ4v) is 4.82. The number of carboxylic acid groups (broad SMARTS) is 1. The molecule has 1 aromatic heterocycles. The monoisotopic (exact) mass is 569 g/mol. The smallest absolute Gasteiger partial charge is 0.407 e. The van der Waals surface area contributed by atoms with E-state index in [0.29, 0.717) is 0 Å². The molecule has 0 fully saturated rings. The largest absolute Gasteiger partial charge is 0.476 e. The highest BCUT2D eigenvalue weighted by molar-refractivity contribution is 5.90. The quantitative estimate of drug-likeness (QED) is 0.227. The first-order chi connectivity index (χ1) is 20.4. The van der Waals surface area contributed by atoms with Crippen LogP contribution in [0.5, 0.6) is 0 Å². The van der Waals surface area contributed by atoms with Crippen LogP contribution in [-0.4, -0.2) is 46.7 Å². The molecule has 11 heteroatoms. The van der Waals surface area contributed by atoms with E-state index in [4.69, 9.17) is 13.9 Å². The van der Waals surface area contributed by atoms with Gasteiger partial charge in [0, 0.05) is 5.92 Å². The normalized spacial score (nSPS) is 12.5. The van der Waals surface area contributed by atoms with Crippen molar-refractivity contribution in [1.82, 2.24) is 15.6 Å². The number of ether oxygens (including phenoxy) is 2. The van der Waals surface area contributed by atoms with Crippen molar-refractivity contribution < 1.29 is 38.2 Å². The van der Waals surface area contributed by atoms with Gasteiger partial charge in [0.05, 0.1) is 13.0 Å². The molecule has 1 atom stereocenters. The highest BCUT2D eigenvalue weighted by atomic mass is 16.5. The van der Waals surface area contributed by atoms with Crippen molar-refractivity contribution >= 4 is 23.9 Å². The Labute approximate surface area is 240 Å². The third-order valence-corrected chi connectivity index (χ3v) is 6.83. The molecule has 0 aliphatic heterocycles. The number of hydrogen-bond acceptors (Lipinski definition) is 8. The van der Waals surface area contributed by atoms with Crippen LogP contribution in [0, 0.1) is 0 Å². The number of oxazole rings is 1. The molecule has 214 valence electrons. The molecule has 42 heavy (non-hydrogen) atoms. The molecule has 0 unspecified atom stereocenters. The van der Waals surface area contributed by atoms with Gasteiger partial charge in [0.15, 0.2) is 17.8 Å². The zero-order chi connectivity index (χ0) is 29.5. The molecule has 0 radical (unpaired) electrons. The Hall–Kier alpha value is -5.45. The van der Waals surface area contributed by atoms with E-state index in [9.17, 15) is 24.3 Å². The van der Waals surface area contributed by atoms with Crippen LogP contribution in [-0.2, 0) is 32.2 Å². The maximum atomic E-state index is 13.1. The van der Waals surface area contributed by atoms with Gasteiger partial charge in [0.25, 0.3) is 0 Å². The number of amides is 2. The molecule has 1 aliphatic rings. The number of benzene rings is 3. The number of alkyl carbamates (subject to hydrolysis) is 1. The lowest BCUT2D eigenvalue weighted by Gasteiger charge is -2.19. The molecule has 3 N–H and O–H groups in total. The second-order valence-corrected chi connectivity index (χ2v) is 9.52. The molecule has 0 saturated carbocycles. The second-order valence-electron chi connectivity index (χ2n) is 9.52. The van der Waals surface area contributed by atoms with E-state index in [-0.39, 0.29) is 37.1 Å². The standard InChI is InChI=1S/C31H27N3O8/c35-27(40-16-19-8-2-1-3-9-19)14-25(29(36)32-15-26-28(30(37)38)33-18-42-26)34-31(39)41-17-24-22-12-6-4-10-20(22)21-11-5-7-13-23(21)24/h1-13,18,24-25H,14-17H2,(H,32,36)(H,34,39)(H,37,38)/t25-/m0/s1. The molecule has 11 nitrogen and oxygen atoms in total. The zero-order valence-electron chi connectivity index (χ0n) is 22.3. The maximum absolute atomic E-state index is 13.1. The fourth-order valence-electron chi connectivity index (χ4n) is 4.82. The van der Waals surface area contributed by atoms with Gasteiger partial charge in [0.1, 0.15) is 19.3 Å². The number of nitrogens with one attached hydrogen (secondary N) is 2. The van der Waals surface area contributed by atoms with E-state index in [1.165, 1.54) is 0 Å². The molecule has 0 saturated heterocycles. The number of carboxylic acids is 1. The molecular weight excluding hydrogens is 542 g/mol. The van der Waals surface area contributed by atoms with Crippen molar-refractivity contribution in [3.8, 4) is 11.1 Å². The third kappa shape index (κ3) is 6.47. The Kier molecular flexibility index (Phi) is 8.57. The number of nitrogens with zero attached hydrogens (tertiary/aromatic N) is 1. The Morgan fingerprint density at radius 1 is 0.881 bits per heavy atom. The van der Waals surface area contributed by atoms with Crippen LogP contribution in [0.2, 0.25) is 0 Å². The molecule has 2 amide bonds. The molecule has 0 bridgehead atoms. The van der Waals surface area contributed by atoms with Gasteiger partial charge in [-0.25, -0.2) is 14.6 Å². The van der Waals surface area contributed by atoms with Crippen molar-refractivity contribution in [2.45, 2.75) is 31.5 Å². The molecule has 4 aromatic rings. The number of carbonyl (C=O) groups is 4. The minimum Gasteiger partial charge on any atom is -0.476 e. The number of hydrogen-bond donors (Lipinski definition) is 3. The average molecular weight is 570 g/mol. The minimum atomic E-state index is -1.37. The first kappa shape index (κ1) is 28.1. The lowest BCUT2D eigenvalue weighted by Crippen LogP contribution is -2.48. The van der Waals surface area contributed by atoms with Gasteiger partial charge >= 0.3 is 18.0 Å². The number of esters is 1. The number of aromatic nitrogens is 1. The van der Waals surface area contributed by atoms with Crippen LogP contribution in [0.3, 0.4) is 0 Å². The lowest BCUT2D eigenvalue weighted by atomic mass is 9.98. The van der Waals surface area contributed by atoms with E-state index in [2.05, 4.69) is 15.6 Å². The van der Waals surface area contributed by atoms with Crippen molar-refractivity contribution in [2.75, 3.05) is 6.61 Å². The summed E-state index contributed by atoms with van der Waals surface area (Å²) in [5.74, 6) is -3.13. The van der Waals surface area contributed by atoms with Crippen LogP contribution >= 0.6 is 0 Å². The molecule has 5 rings (SSSR count). The Balaban J connectivity index is 1.24. The van der Waals surface area contributed by atoms with E-state index in [1.54, 1.807) is 24.3 Å². The number of fused-ring (bicyclic) bond motifs is 3. The topological polar surface area (TPSA) is 157 Å². The summed E-state index contributed by atoms with van der Waals surface area (Å²) in [6.07, 6.45) is -0.456. The van der Waals surface area contributed by atoms with E-state index >= 15 is 0 Å². The predicted octanol–water partition coefficient (Wildman–Crippen LogP) is 4.03. The van der Waals surface area contributed by atoms with Crippen LogP contribution in [0.25, 0.3) is 11.1 Å². The average Bonchev–Trinajstić information content (AvgIpc) is 3.61. The van der Waals surface area contributed by atoms with Crippen LogP contribution < -0.4 is 10.6 Å². The summed E-state index contributed by atoms with van der Waals surface area (Å²) >= 11 is 0. The summed E-state index contributed by atoms with van der Waals surface area (Å²) in [7, 11) is 0. The van der Waals surface area contributed by atoms with Gasteiger partial charge < -0.3 is 29.6 Å². The minimum absolute atomic E-state index is 0.00664. The summed E-state index contributed by atoms with van der Waals surface area (Å²) in [5.41, 5.74) is 4.56. The second kappa shape index (κ2) is 12.8. The van der Waals surface area contributed by atoms with E-state index in [1.807, 2.05) is 54.6 Å². The molecule has 3 aromatic carbocycles. The van der Waals surface area contributed by atoms with E-state index in [0.717, 1.165) is 34.2 Å². The summed E-state index contributed by atoms with van der Waals surface area (Å²) < 4.78 is 15.9. The fraction of sp³-hybridized carbons (Fsp3) is 0.194. The molecule has 1 aliphatic carbocycles. The molecular formula is C31H27N3O8. The van der Waals surface area contributed by atoms with Gasteiger partial charge in [-0.15, -0.1) is 0 Å². The van der Waals surface area contributed by atoms with Crippen LogP contribution in [0.15, 0.2) is 89.7 Å². The predicted molar refractivity (Wildman–Crippen MR) is 148 cm³/mol. The van der Waals surface area contributed by atoms with Gasteiger partial charge in [0.2, 0.25) is 5.91 Å². The van der Waals surface area contributed by atoms with E-state index < -0.39 is 36.4 Å². The van der Waals surface area contributed by atoms with Gasteiger partial charge in [-0.1, -0.05) is 78.9 Å². The third-order valence-electron chi connectivity index (χ3n) is 6.83.